The van der Waals surface area contributed by atoms with Crippen molar-refractivity contribution in [2.75, 3.05) is 6.61 Å². The number of hydrogen-bond donors (Lipinski definition) is 2. The molecule has 9 heteroatoms. The zero-order chi connectivity index (χ0) is 24.9. The van der Waals surface area contributed by atoms with E-state index in [4.69, 9.17) is 19.0 Å². The number of thioether (sulfide) groups is 1. The Bertz CT molecular complexity index is 1320. The number of nitrogens with one attached hydrogen (secondary N) is 1. The molecule has 0 bridgehead atoms. The Hall–Kier alpha value is -3.98. The van der Waals surface area contributed by atoms with Gasteiger partial charge in [-0.3, -0.25) is 4.79 Å². The van der Waals surface area contributed by atoms with Crippen molar-refractivity contribution in [2.24, 2.45) is 4.99 Å². The summed E-state index contributed by atoms with van der Waals surface area (Å²) in [7, 11) is 0. The number of nitrogens with zero attached hydrogens (tertiary/aromatic N) is 1. The van der Waals surface area contributed by atoms with Crippen LogP contribution in [-0.4, -0.2) is 28.8 Å². The molecule has 0 saturated carbocycles. The van der Waals surface area contributed by atoms with Gasteiger partial charge in [-0.15, -0.1) is 0 Å². The van der Waals surface area contributed by atoms with Crippen LogP contribution in [0.3, 0.4) is 0 Å². The predicted molar refractivity (Wildman–Crippen MR) is 134 cm³/mol. The highest BCUT2D eigenvalue weighted by atomic mass is 32.2. The maximum absolute atomic E-state index is 12.5. The first-order chi connectivity index (χ1) is 16.8. The van der Waals surface area contributed by atoms with Crippen molar-refractivity contribution in [2.45, 2.75) is 27.4 Å². The summed E-state index contributed by atoms with van der Waals surface area (Å²) >= 11 is 1.27. The minimum Gasteiger partial charge on any atom is -0.490 e. The fraction of sp³-hybridized carbons (Fsp3) is 0.192. The van der Waals surface area contributed by atoms with E-state index in [-0.39, 0.29) is 18.3 Å². The molecule has 1 aliphatic rings. The molecule has 0 unspecified atom stereocenters. The smallest absolute Gasteiger partial charge is 0.371 e. The molecule has 1 saturated heterocycles. The molecule has 2 heterocycles. The number of furan rings is 1. The number of hydrogen-bond acceptors (Lipinski definition) is 7. The number of aryl methyl sites for hydroxylation is 2. The van der Waals surface area contributed by atoms with Gasteiger partial charge in [0.15, 0.2) is 16.7 Å². The molecule has 2 aromatic carbocycles. The molecule has 8 nitrogen and oxygen atoms in total. The third-order valence-electron chi connectivity index (χ3n) is 4.90. The molecular weight excluding hydrogens is 468 g/mol. The maximum Gasteiger partial charge on any atom is 0.371 e. The second-order valence-corrected chi connectivity index (χ2v) is 8.86. The van der Waals surface area contributed by atoms with Crippen LogP contribution in [0, 0.1) is 13.8 Å². The number of carboxylic acids is 1. The first-order valence-electron chi connectivity index (χ1n) is 10.9. The number of aromatic carboxylic acids is 1. The van der Waals surface area contributed by atoms with Gasteiger partial charge in [-0.25, -0.2) is 9.79 Å². The van der Waals surface area contributed by atoms with E-state index < -0.39 is 5.97 Å². The predicted octanol–water partition coefficient (Wildman–Crippen LogP) is 5.46. The zero-order valence-electron chi connectivity index (χ0n) is 19.5. The Balaban J connectivity index is 1.50. The Labute approximate surface area is 206 Å². The summed E-state index contributed by atoms with van der Waals surface area (Å²) in [5.74, 6) is -0.153. The van der Waals surface area contributed by atoms with Gasteiger partial charge in [0.25, 0.3) is 5.91 Å². The van der Waals surface area contributed by atoms with E-state index in [1.165, 1.54) is 17.8 Å². The standard InChI is InChI=1S/C26H24N2O6S/c1-4-32-22-12-17(5-7-20(22)33-14-19-6-8-21(34-19)25(30)31)13-23-24(29)28-26(35-23)27-18-10-15(2)9-16(3)11-18/h5-13H,4,14H2,1-3H3,(H,30,31)(H,27,28,29). The van der Waals surface area contributed by atoms with Crippen LogP contribution >= 0.6 is 11.8 Å². The van der Waals surface area contributed by atoms with Crippen molar-refractivity contribution >= 4 is 40.6 Å². The van der Waals surface area contributed by atoms with E-state index in [0.29, 0.717) is 33.9 Å². The average Bonchev–Trinajstić information content (AvgIpc) is 3.39. The van der Waals surface area contributed by atoms with E-state index in [9.17, 15) is 9.59 Å². The van der Waals surface area contributed by atoms with Gasteiger partial charge in [-0.2, -0.15) is 0 Å². The number of amides is 1. The monoisotopic (exact) mass is 492 g/mol. The molecule has 0 spiro atoms. The zero-order valence-corrected chi connectivity index (χ0v) is 20.3. The lowest BCUT2D eigenvalue weighted by Gasteiger charge is -2.12. The topological polar surface area (TPSA) is 110 Å². The van der Waals surface area contributed by atoms with Gasteiger partial charge >= 0.3 is 5.97 Å². The van der Waals surface area contributed by atoms with Crippen molar-refractivity contribution < 1.29 is 28.6 Å². The van der Waals surface area contributed by atoms with Gasteiger partial charge in [-0.05, 0) is 91.7 Å². The van der Waals surface area contributed by atoms with Crippen molar-refractivity contribution in [3.63, 3.8) is 0 Å². The summed E-state index contributed by atoms with van der Waals surface area (Å²) in [6, 6.07) is 14.3. The van der Waals surface area contributed by atoms with Crippen molar-refractivity contribution in [1.29, 1.82) is 0 Å². The van der Waals surface area contributed by atoms with E-state index >= 15 is 0 Å². The molecule has 0 radical (unpaired) electrons. The summed E-state index contributed by atoms with van der Waals surface area (Å²) in [5.41, 5.74) is 3.76. The number of carbonyl (C=O) groups excluding carboxylic acids is 1. The first-order valence-corrected chi connectivity index (χ1v) is 11.7. The molecule has 0 aliphatic carbocycles. The molecule has 1 aliphatic heterocycles. The number of benzene rings is 2. The lowest BCUT2D eigenvalue weighted by atomic mass is 10.1. The number of ether oxygens (including phenoxy) is 2. The van der Waals surface area contributed by atoms with Gasteiger partial charge in [0, 0.05) is 0 Å². The average molecular weight is 493 g/mol. The fourth-order valence-corrected chi connectivity index (χ4v) is 4.33. The summed E-state index contributed by atoms with van der Waals surface area (Å²) < 4.78 is 16.7. The molecule has 180 valence electrons. The summed E-state index contributed by atoms with van der Waals surface area (Å²) in [5, 5.41) is 12.3. The summed E-state index contributed by atoms with van der Waals surface area (Å²) in [6.07, 6.45) is 1.77. The van der Waals surface area contributed by atoms with Crippen LogP contribution in [0.25, 0.3) is 6.08 Å². The lowest BCUT2D eigenvalue weighted by molar-refractivity contribution is -0.115. The van der Waals surface area contributed by atoms with Crippen LogP contribution in [0.1, 0.15) is 39.9 Å². The van der Waals surface area contributed by atoms with Gasteiger partial charge in [-0.1, -0.05) is 12.1 Å². The Kier molecular flexibility index (Phi) is 7.26. The lowest BCUT2D eigenvalue weighted by Crippen LogP contribution is -2.19. The number of carbonyl (C=O) groups is 2. The van der Waals surface area contributed by atoms with Crippen molar-refractivity contribution in [1.82, 2.24) is 5.32 Å². The van der Waals surface area contributed by atoms with Crippen molar-refractivity contribution in [3.05, 3.63) is 81.6 Å². The fourth-order valence-electron chi connectivity index (χ4n) is 3.49. The molecule has 1 aromatic heterocycles. The van der Waals surface area contributed by atoms with E-state index in [2.05, 4.69) is 16.4 Å². The molecule has 4 rings (SSSR count). The second-order valence-electron chi connectivity index (χ2n) is 7.83. The summed E-state index contributed by atoms with van der Waals surface area (Å²) in [4.78, 5) is 28.6. The minimum atomic E-state index is -1.14. The largest absolute Gasteiger partial charge is 0.490 e. The summed E-state index contributed by atoms with van der Waals surface area (Å²) in [6.45, 7) is 6.34. The number of carboxylic acid groups (broad SMARTS) is 1. The van der Waals surface area contributed by atoms with E-state index in [1.807, 2.05) is 39.0 Å². The number of rotatable bonds is 8. The van der Waals surface area contributed by atoms with E-state index in [0.717, 1.165) is 22.4 Å². The van der Waals surface area contributed by atoms with Crippen LogP contribution in [0.5, 0.6) is 11.5 Å². The molecule has 1 amide bonds. The maximum atomic E-state index is 12.5. The molecule has 2 N–H and O–H groups in total. The van der Waals surface area contributed by atoms with Gasteiger partial charge < -0.3 is 24.3 Å². The van der Waals surface area contributed by atoms with Gasteiger partial charge in [0.2, 0.25) is 5.76 Å². The molecule has 3 aromatic rings. The quantitative estimate of drug-likeness (QED) is 0.402. The number of amidine groups is 1. The third-order valence-corrected chi connectivity index (χ3v) is 5.81. The normalized spacial score (nSPS) is 15.5. The Morgan fingerprint density at radius 3 is 2.54 bits per heavy atom. The van der Waals surface area contributed by atoms with Gasteiger partial charge in [0.05, 0.1) is 17.2 Å². The van der Waals surface area contributed by atoms with E-state index in [1.54, 1.807) is 24.3 Å². The Morgan fingerprint density at radius 1 is 1.09 bits per heavy atom. The van der Waals surface area contributed by atoms with Crippen LogP contribution in [0.15, 0.2) is 62.8 Å². The minimum absolute atomic E-state index is 0.0459. The molecule has 35 heavy (non-hydrogen) atoms. The highest BCUT2D eigenvalue weighted by Crippen LogP contribution is 2.33. The SMILES string of the molecule is CCOc1cc(C=C2SC(=Nc3cc(C)cc(C)c3)NC2=O)ccc1OCc1ccc(C(=O)O)o1. The van der Waals surface area contributed by atoms with Gasteiger partial charge in [0.1, 0.15) is 12.4 Å². The van der Waals surface area contributed by atoms with Crippen molar-refractivity contribution in [3.8, 4) is 11.5 Å². The molecule has 0 atom stereocenters. The highest BCUT2D eigenvalue weighted by molar-refractivity contribution is 8.18. The van der Waals surface area contributed by atoms with Crippen LogP contribution in [0.2, 0.25) is 0 Å². The molecular formula is C26H24N2O6S. The third kappa shape index (κ3) is 6.13. The molecule has 1 fully saturated rings. The Morgan fingerprint density at radius 2 is 1.86 bits per heavy atom. The first kappa shape index (κ1) is 24.2. The highest BCUT2D eigenvalue weighted by Gasteiger charge is 2.24. The van der Waals surface area contributed by atoms with Crippen LogP contribution in [-0.2, 0) is 11.4 Å². The van der Waals surface area contributed by atoms with Crippen LogP contribution in [0.4, 0.5) is 5.69 Å². The van der Waals surface area contributed by atoms with Crippen LogP contribution < -0.4 is 14.8 Å². The second kappa shape index (κ2) is 10.5. The number of aliphatic imine (C=N–C) groups is 1.